The Balaban J connectivity index is 1.26. The van der Waals surface area contributed by atoms with Crippen LogP contribution < -0.4 is 5.32 Å². The predicted octanol–water partition coefficient (Wildman–Crippen LogP) is 5.84. The molecule has 4 heterocycles. The van der Waals surface area contributed by atoms with Gasteiger partial charge in [-0.15, -0.1) is 0 Å². The number of nitrogens with one attached hydrogen (secondary N) is 2. The molecule has 0 spiro atoms. The van der Waals surface area contributed by atoms with Gasteiger partial charge in [-0.05, 0) is 86.7 Å². The molecule has 190 valence electrons. The van der Waals surface area contributed by atoms with Crippen molar-refractivity contribution in [3.05, 3.63) is 76.1 Å². The molecule has 6 rings (SSSR count). The standard InChI is InChI=1S/C30H31ClN4O2/c1-19-25(30(37)35-14-10-22(11-15-35)34-12-2-3-13-34)18-32-27(19)17-24-28-23(20-6-4-7-21(31)16-20)8-5-9-26(28)33-29(24)36/h4-9,16-18,22,32H,2-3,10-15H2,1H3,(H,33,36). The lowest BCUT2D eigenvalue weighted by atomic mass is 9.94. The number of amides is 2. The van der Waals surface area contributed by atoms with E-state index in [1.165, 1.54) is 25.9 Å². The molecule has 2 amide bonds. The molecule has 3 aliphatic heterocycles. The van der Waals surface area contributed by atoms with Crippen LogP contribution in [0.15, 0.2) is 48.7 Å². The molecule has 0 atom stereocenters. The second-order valence-electron chi connectivity index (χ2n) is 10.3. The lowest BCUT2D eigenvalue weighted by Gasteiger charge is -2.36. The summed E-state index contributed by atoms with van der Waals surface area (Å²) < 4.78 is 0. The van der Waals surface area contributed by atoms with Crippen LogP contribution in [0.3, 0.4) is 0 Å². The number of fused-ring (bicyclic) bond motifs is 1. The maximum absolute atomic E-state index is 13.4. The highest BCUT2D eigenvalue weighted by Gasteiger charge is 2.31. The molecule has 0 unspecified atom stereocenters. The van der Waals surface area contributed by atoms with Gasteiger partial charge in [-0.2, -0.15) is 0 Å². The second kappa shape index (κ2) is 9.84. The van der Waals surface area contributed by atoms with Crippen LogP contribution >= 0.6 is 11.6 Å². The number of carbonyl (C=O) groups is 2. The number of aromatic nitrogens is 1. The van der Waals surface area contributed by atoms with Crippen LogP contribution in [0.2, 0.25) is 5.02 Å². The zero-order valence-corrected chi connectivity index (χ0v) is 21.8. The highest BCUT2D eigenvalue weighted by molar-refractivity contribution is 6.36. The van der Waals surface area contributed by atoms with Crippen molar-refractivity contribution in [2.45, 2.75) is 38.6 Å². The van der Waals surface area contributed by atoms with Gasteiger partial charge in [0.15, 0.2) is 0 Å². The fourth-order valence-corrected chi connectivity index (χ4v) is 6.21. The molecule has 2 aromatic carbocycles. The van der Waals surface area contributed by atoms with E-state index >= 15 is 0 Å². The van der Waals surface area contributed by atoms with Gasteiger partial charge >= 0.3 is 0 Å². The van der Waals surface area contributed by atoms with Crippen molar-refractivity contribution in [3.63, 3.8) is 0 Å². The molecule has 3 aliphatic rings. The van der Waals surface area contributed by atoms with Crippen LogP contribution in [-0.4, -0.2) is 58.8 Å². The lowest BCUT2D eigenvalue weighted by molar-refractivity contribution is -0.110. The average Bonchev–Trinajstić information content (AvgIpc) is 3.64. The average molecular weight is 515 g/mol. The SMILES string of the molecule is Cc1c(C(=O)N2CCC(N3CCCC3)CC2)c[nH]c1C=C1C(=O)Nc2cccc(-c3cccc(Cl)c3)c21. The van der Waals surface area contributed by atoms with E-state index < -0.39 is 0 Å². The molecule has 6 nitrogen and oxygen atoms in total. The van der Waals surface area contributed by atoms with E-state index in [9.17, 15) is 9.59 Å². The number of carbonyl (C=O) groups excluding carboxylic acids is 2. The van der Waals surface area contributed by atoms with Crippen molar-refractivity contribution in [1.29, 1.82) is 0 Å². The van der Waals surface area contributed by atoms with Gasteiger partial charge in [0.2, 0.25) is 0 Å². The quantitative estimate of drug-likeness (QED) is 0.430. The van der Waals surface area contributed by atoms with Crippen molar-refractivity contribution in [2.75, 3.05) is 31.5 Å². The molecule has 0 bridgehead atoms. The van der Waals surface area contributed by atoms with Crippen molar-refractivity contribution in [2.24, 2.45) is 0 Å². The molecule has 0 aliphatic carbocycles. The van der Waals surface area contributed by atoms with Crippen LogP contribution in [0, 0.1) is 6.92 Å². The van der Waals surface area contributed by atoms with E-state index in [0.717, 1.165) is 59.6 Å². The van der Waals surface area contributed by atoms with Crippen LogP contribution in [0.25, 0.3) is 22.8 Å². The Morgan fingerprint density at radius 2 is 1.81 bits per heavy atom. The first-order chi connectivity index (χ1) is 18.0. The first-order valence-electron chi connectivity index (χ1n) is 13.1. The van der Waals surface area contributed by atoms with Crippen LogP contribution in [0.1, 0.15) is 52.9 Å². The number of halogens is 1. The molecule has 37 heavy (non-hydrogen) atoms. The van der Waals surface area contributed by atoms with Crippen LogP contribution in [0.5, 0.6) is 0 Å². The van der Waals surface area contributed by atoms with Gasteiger partial charge in [0.25, 0.3) is 11.8 Å². The first kappa shape index (κ1) is 24.0. The number of likely N-dealkylation sites (tertiary alicyclic amines) is 2. The number of hydrogen-bond acceptors (Lipinski definition) is 3. The van der Waals surface area contributed by atoms with Gasteiger partial charge in [0, 0.05) is 47.3 Å². The summed E-state index contributed by atoms with van der Waals surface area (Å²) in [5.41, 5.74) is 6.38. The van der Waals surface area contributed by atoms with E-state index in [0.29, 0.717) is 22.2 Å². The van der Waals surface area contributed by atoms with Gasteiger partial charge < -0.3 is 20.1 Å². The summed E-state index contributed by atoms with van der Waals surface area (Å²) in [5, 5.41) is 3.63. The molecule has 7 heteroatoms. The summed E-state index contributed by atoms with van der Waals surface area (Å²) in [5.74, 6) is -0.0931. The van der Waals surface area contributed by atoms with Crippen molar-refractivity contribution >= 4 is 40.8 Å². The summed E-state index contributed by atoms with van der Waals surface area (Å²) >= 11 is 6.26. The van der Waals surface area contributed by atoms with Gasteiger partial charge in [0.05, 0.1) is 11.1 Å². The van der Waals surface area contributed by atoms with Crippen molar-refractivity contribution in [1.82, 2.24) is 14.8 Å². The van der Waals surface area contributed by atoms with E-state index in [1.807, 2.05) is 60.4 Å². The molecular formula is C30H31ClN4O2. The number of piperidine rings is 1. The molecule has 3 aromatic rings. The Kier molecular flexibility index (Phi) is 6.39. The minimum absolute atomic E-state index is 0.0640. The summed E-state index contributed by atoms with van der Waals surface area (Å²) in [6, 6.07) is 14.1. The van der Waals surface area contributed by atoms with Crippen molar-refractivity contribution < 1.29 is 9.59 Å². The smallest absolute Gasteiger partial charge is 0.256 e. The molecule has 1 aromatic heterocycles. The third-order valence-corrected chi connectivity index (χ3v) is 8.31. The van der Waals surface area contributed by atoms with E-state index in [-0.39, 0.29) is 11.8 Å². The van der Waals surface area contributed by atoms with Crippen LogP contribution in [-0.2, 0) is 4.79 Å². The van der Waals surface area contributed by atoms with Crippen LogP contribution in [0.4, 0.5) is 5.69 Å². The van der Waals surface area contributed by atoms with E-state index in [1.54, 1.807) is 6.20 Å². The number of nitrogens with zero attached hydrogens (tertiary/aromatic N) is 2. The fourth-order valence-electron chi connectivity index (χ4n) is 6.02. The number of anilines is 1. The Morgan fingerprint density at radius 1 is 1.05 bits per heavy atom. The van der Waals surface area contributed by atoms with Gasteiger partial charge in [-0.25, -0.2) is 0 Å². The molecule has 0 saturated carbocycles. The first-order valence-corrected chi connectivity index (χ1v) is 13.5. The lowest BCUT2D eigenvalue weighted by Crippen LogP contribution is -2.45. The predicted molar refractivity (Wildman–Crippen MR) is 149 cm³/mol. The van der Waals surface area contributed by atoms with E-state index in [2.05, 4.69) is 15.2 Å². The number of H-pyrrole nitrogens is 1. The third-order valence-electron chi connectivity index (χ3n) is 8.07. The number of rotatable bonds is 4. The van der Waals surface area contributed by atoms with Gasteiger partial charge in [0.1, 0.15) is 0 Å². The number of benzene rings is 2. The molecule has 2 N–H and O–H groups in total. The fraction of sp³-hybridized carbons (Fsp3) is 0.333. The minimum Gasteiger partial charge on any atom is -0.361 e. The summed E-state index contributed by atoms with van der Waals surface area (Å²) in [6.07, 6.45) is 8.31. The maximum Gasteiger partial charge on any atom is 0.256 e. The number of aromatic amines is 1. The van der Waals surface area contributed by atoms with Crippen molar-refractivity contribution in [3.8, 4) is 11.1 Å². The maximum atomic E-state index is 13.4. The molecule has 2 fully saturated rings. The Bertz CT molecular complexity index is 1390. The zero-order valence-electron chi connectivity index (χ0n) is 21.0. The summed E-state index contributed by atoms with van der Waals surface area (Å²) in [4.78, 5) is 34.3. The van der Waals surface area contributed by atoms with Gasteiger partial charge in [-0.1, -0.05) is 35.9 Å². The monoisotopic (exact) mass is 514 g/mol. The Hall–Kier alpha value is -3.35. The zero-order chi connectivity index (χ0) is 25.5. The third kappa shape index (κ3) is 4.49. The minimum atomic E-state index is -0.157. The largest absolute Gasteiger partial charge is 0.361 e. The topological polar surface area (TPSA) is 68.4 Å². The normalized spacial score (nSPS) is 19.5. The molecule has 2 saturated heterocycles. The Morgan fingerprint density at radius 3 is 2.57 bits per heavy atom. The molecule has 0 radical (unpaired) electrons. The molecular weight excluding hydrogens is 484 g/mol. The summed E-state index contributed by atoms with van der Waals surface area (Å²) in [6.45, 7) is 5.93. The Labute approximate surface area is 222 Å². The summed E-state index contributed by atoms with van der Waals surface area (Å²) in [7, 11) is 0. The highest BCUT2D eigenvalue weighted by atomic mass is 35.5. The second-order valence-corrected chi connectivity index (χ2v) is 10.7. The van der Waals surface area contributed by atoms with E-state index in [4.69, 9.17) is 11.6 Å². The highest BCUT2D eigenvalue weighted by Crippen LogP contribution is 2.41. The van der Waals surface area contributed by atoms with Gasteiger partial charge in [-0.3, -0.25) is 9.59 Å². The number of hydrogen-bond donors (Lipinski definition) is 2.